The lowest BCUT2D eigenvalue weighted by molar-refractivity contribution is 0.0959. The number of hydrogen-bond acceptors (Lipinski definition) is 4. The maximum atomic E-state index is 6.41. The third-order valence-electron chi connectivity index (χ3n) is 10.3. The molecule has 3 aliphatic heterocycles. The van der Waals surface area contributed by atoms with Gasteiger partial charge in [0.2, 0.25) is 0 Å². The number of aromatic nitrogens is 4. The molecule has 3 aromatic heterocycles. The molecule has 10 rings (SSSR count). The molecule has 7 aromatic rings. The highest BCUT2D eigenvalue weighted by Gasteiger charge is 2.22. The summed E-state index contributed by atoms with van der Waals surface area (Å²) in [6, 6.07) is 48.7. The van der Waals surface area contributed by atoms with Crippen LogP contribution < -0.4 is 4.74 Å². The Labute approximate surface area is 313 Å². The molecule has 0 aliphatic carbocycles. The highest BCUT2D eigenvalue weighted by Crippen LogP contribution is 2.41. The summed E-state index contributed by atoms with van der Waals surface area (Å²) in [7, 11) is 0. The standard InChI is InChI=1S/C48H36N4O2/c1-4-12-32(13-5-1)45-36-20-21-37(49-36)46(33-14-6-2-7-15-33)39-23-25-41(51-39)48-35-18-10-11-19-44(35)54-31-30-53-29-28-52-42(26-27-43(48)52)47(34-16-8-3-9-17-34)40-24-22-38(45)50-40/h1-27,49H,28-31H2. The Morgan fingerprint density at radius 1 is 0.444 bits per heavy atom. The first kappa shape index (κ1) is 31.9. The molecule has 54 heavy (non-hydrogen) atoms. The van der Waals surface area contributed by atoms with Gasteiger partial charge < -0.3 is 19.0 Å². The van der Waals surface area contributed by atoms with Gasteiger partial charge in [0.1, 0.15) is 12.4 Å². The van der Waals surface area contributed by atoms with Gasteiger partial charge in [0.05, 0.1) is 47.0 Å². The lowest BCUT2D eigenvalue weighted by Crippen LogP contribution is -2.11. The zero-order valence-electron chi connectivity index (χ0n) is 29.6. The Hall–Kier alpha value is -6.76. The fourth-order valence-electron chi connectivity index (χ4n) is 7.91. The smallest absolute Gasteiger partial charge is 0.127 e. The Balaban J connectivity index is 1.44. The molecule has 0 atom stereocenters. The van der Waals surface area contributed by atoms with Crippen molar-refractivity contribution >= 4 is 46.4 Å². The maximum Gasteiger partial charge on any atom is 0.127 e. The molecule has 0 fully saturated rings. The molecule has 6 nitrogen and oxygen atoms in total. The van der Waals surface area contributed by atoms with Crippen LogP contribution in [0.25, 0.3) is 90.9 Å². The van der Waals surface area contributed by atoms with E-state index in [1.165, 1.54) is 0 Å². The average Bonchev–Trinajstić information content (AvgIpc) is 4.05. The lowest BCUT2D eigenvalue weighted by Gasteiger charge is -2.14. The molecule has 0 unspecified atom stereocenters. The molecule has 4 aromatic carbocycles. The first-order valence-electron chi connectivity index (χ1n) is 18.4. The van der Waals surface area contributed by atoms with E-state index < -0.39 is 0 Å². The fourth-order valence-corrected chi connectivity index (χ4v) is 7.91. The van der Waals surface area contributed by atoms with Crippen LogP contribution in [0.4, 0.5) is 0 Å². The van der Waals surface area contributed by atoms with Gasteiger partial charge in [-0.1, -0.05) is 109 Å². The van der Waals surface area contributed by atoms with Crippen molar-refractivity contribution in [1.82, 2.24) is 19.5 Å². The molecule has 0 amide bonds. The van der Waals surface area contributed by atoms with E-state index in [0.29, 0.717) is 26.4 Å². The number of hydrogen-bond donors (Lipinski definition) is 1. The predicted octanol–water partition coefficient (Wildman–Crippen LogP) is 11.2. The van der Waals surface area contributed by atoms with Crippen LogP contribution in [0.2, 0.25) is 0 Å². The van der Waals surface area contributed by atoms with Gasteiger partial charge >= 0.3 is 0 Å². The van der Waals surface area contributed by atoms with E-state index in [1.807, 2.05) is 12.1 Å². The summed E-state index contributed by atoms with van der Waals surface area (Å²) in [6.07, 6.45) is 8.59. The van der Waals surface area contributed by atoms with Crippen LogP contribution in [0.1, 0.15) is 22.8 Å². The largest absolute Gasteiger partial charge is 0.491 e. The Morgan fingerprint density at radius 2 is 0.926 bits per heavy atom. The van der Waals surface area contributed by atoms with E-state index in [4.69, 9.17) is 19.4 Å². The number of fused-ring (bicyclic) bond motifs is 9. The number of ether oxygens (including phenoxy) is 2. The van der Waals surface area contributed by atoms with Crippen LogP contribution >= 0.6 is 0 Å². The number of nitrogens with zero attached hydrogens (tertiary/aromatic N) is 3. The van der Waals surface area contributed by atoms with Gasteiger partial charge in [-0.05, 0) is 71.3 Å². The molecule has 1 N–H and O–H groups in total. The molecule has 260 valence electrons. The van der Waals surface area contributed by atoms with Gasteiger partial charge in [0.25, 0.3) is 0 Å². The monoisotopic (exact) mass is 700 g/mol. The third kappa shape index (κ3) is 5.65. The molecule has 0 radical (unpaired) electrons. The number of benzene rings is 4. The summed E-state index contributed by atoms with van der Waals surface area (Å²) in [5.74, 6) is 0.797. The summed E-state index contributed by atoms with van der Waals surface area (Å²) < 4.78 is 15.0. The number of para-hydroxylation sites is 1. The van der Waals surface area contributed by atoms with Crippen LogP contribution in [0.3, 0.4) is 0 Å². The van der Waals surface area contributed by atoms with Gasteiger partial charge in [-0.25, -0.2) is 9.97 Å². The van der Waals surface area contributed by atoms with Gasteiger partial charge in [0, 0.05) is 45.4 Å². The molecule has 0 saturated heterocycles. The summed E-state index contributed by atoms with van der Waals surface area (Å²) in [5.41, 5.74) is 15.9. The van der Waals surface area contributed by atoms with Crippen molar-refractivity contribution < 1.29 is 9.47 Å². The third-order valence-corrected chi connectivity index (χ3v) is 10.3. The molecule has 6 heterocycles. The second-order valence-electron chi connectivity index (χ2n) is 13.5. The van der Waals surface area contributed by atoms with Crippen molar-refractivity contribution in [1.29, 1.82) is 0 Å². The van der Waals surface area contributed by atoms with Crippen LogP contribution in [0.5, 0.6) is 5.75 Å². The fraction of sp³-hybridized carbons (Fsp3) is 0.0833. The van der Waals surface area contributed by atoms with E-state index in [9.17, 15) is 0 Å². The van der Waals surface area contributed by atoms with E-state index in [-0.39, 0.29) is 0 Å². The first-order valence-corrected chi connectivity index (χ1v) is 18.4. The first-order chi connectivity index (χ1) is 26.8. The van der Waals surface area contributed by atoms with Crippen molar-refractivity contribution in [2.45, 2.75) is 6.54 Å². The second-order valence-corrected chi connectivity index (χ2v) is 13.5. The predicted molar refractivity (Wildman–Crippen MR) is 221 cm³/mol. The van der Waals surface area contributed by atoms with Crippen molar-refractivity contribution in [2.75, 3.05) is 19.8 Å². The Bertz CT molecular complexity index is 2760. The topological polar surface area (TPSA) is 65.0 Å². The van der Waals surface area contributed by atoms with Gasteiger partial charge in [-0.2, -0.15) is 0 Å². The molecular formula is C48H36N4O2. The molecular weight excluding hydrogens is 665 g/mol. The van der Waals surface area contributed by atoms with E-state index in [2.05, 4.69) is 161 Å². The van der Waals surface area contributed by atoms with Crippen molar-refractivity contribution in [2.24, 2.45) is 0 Å². The minimum absolute atomic E-state index is 0.453. The molecule has 0 saturated carbocycles. The van der Waals surface area contributed by atoms with Crippen molar-refractivity contribution in [3.05, 3.63) is 162 Å². The molecule has 10 bridgehead atoms. The van der Waals surface area contributed by atoms with Crippen LogP contribution in [-0.2, 0) is 11.3 Å². The summed E-state index contributed by atoms with van der Waals surface area (Å²) >= 11 is 0. The Morgan fingerprint density at radius 3 is 1.52 bits per heavy atom. The zero-order chi connectivity index (χ0) is 35.8. The van der Waals surface area contributed by atoms with E-state index in [1.54, 1.807) is 0 Å². The number of rotatable bonds is 3. The molecule has 6 heteroatoms. The highest BCUT2D eigenvalue weighted by molar-refractivity contribution is 6.00. The molecule has 3 aliphatic rings. The number of aromatic amines is 1. The summed E-state index contributed by atoms with van der Waals surface area (Å²) in [5, 5.41) is 0. The zero-order valence-corrected chi connectivity index (χ0v) is 29.6. The van der Waals surface area contributed by atoms with Crippen LogP contribution in [-0.4, -0.2) is 39.3 Å². The summed E-state index contributed by atoms with van der Waals surface area (Å²) in [6.45, 7) is 2.10. The minimum atomic E-state index is 0.453. The normalized spacial score (nSPS) is 13.6. The summed E-state index contributed by atoms with van der Waals surface area (Å²) in [4.78, 5) is 14.8. The van der Waals surface area contributed by atoms with Crippen molar-refractivity contribution in [3.8, 4) is 50.3 Å². The van der Waals surface area contributed by atoms with E-state index in [0.717, 1.165) is 95.1 Å². The maximum absolute atomic E-state index is 6.41. The van der Waals surface area contributed by atoms with Gasteiger partial charge in [-0.3, -0.25) is 0 Å². The van der Waals surface area contributed by atoms with E-state index >= 15 is 0 Å². The second kappa shape index (κ2) is 13.7. The van der Waals surface area contributed by atoms with Crippen LogP contribution in [0.15, 0.2) is 140 Å². The van der Waals surface area contributed by atoms with Gasteiger partial charge in [0.15, 0.2) is 0 Å². The number of H-pyrrole nitrogens is 1. The highest BCUT2D eigenvalue weighted by atomic mass is 16.5. The molecule has 0 spiro atoms. The lowest BCUT2D eigenvalue weighted by atomic mass is 10.0. The van der Waals surface area contributed by atoms with Crippen molar-refractivity contribution in [3.63, 3.8) is 0 Å². The quantitative estimate of drug-likeness (QED) is 0.199. The van der Waals surface area contributed by atoms with Crippen LogP contribution in [0, 0.1) is 0 Å². The number of nitrogens with one attached hydrogen (secondary N) is 1. The SMILES string of the molecule is C1=Cc2nc1c(-c1ccccc1)c1ccc([nH]1)c(-c1ccccc1)c1nc(c3c4ccc(c2-c2ccccc2)n4CCOCCOc2ccccc2-3)C=C1. The minimum Gasteiger partial charge on any atom is -0.491 e. The Kier molecular flexibility index (Phi) is 8.08. The van der Waals surface area contributed by atoms with Gasteiger partial charge in [-0.15, -0.1) is 0 Å². The average molecular weight is 701 g/mol.